The maximum Gasteiger partial charge on any atom is 0.140 e. The molecule has 0 aliphatic carbocycles. The Bertz CT molecular complexity index is 757. The van der Waals surface area contributed by atoms with E-state index in [-0.39, 0.29) is 5.60 Å². The number of rotatable bonds is 5. The lowest BCUT2D eigenvalue weighted by Crippen LogP contribution is -2.42. The van der Waals surface area contributed by atoms with E-state index in [0.717, 1.165) is 43.4 Å². The number of hydrogen-bond donors (Lipinski definition) is 1. The highest BCUT2D eigenvalue weighted by Crippen LogP contribution is 2.27. The molecule has 2 aromatic rings. The molecule has 136 valence electrons. The summed E-state index contributed by atoms with van der Waals surface area (Å²) < 4.78 is 32.6. The molecular weight excluding hydrogens is 324 g/mol. The largest absolute Gasteiger partial charge is 0.379 e. The number of ether oxygens (including phenoxy) is 1. The number of halogens is 2. The molecule has 0 bridgehead atoms. The van der Waals surface area contributed by atoms with Crippen molar-refractivity contribution in [3.63, 3.8) is 0 Å². The molecule has 0 saturated heterocycles. The van der Waals surface area contributed by atoms with Gasteiger partial charge >= 0.3 is 0 Å². The first-order valence-electron chi connectivity index (χ1n) is 8.61. The molecule has 1 unspecified atom stereocenters. The van der Waals surface area contributed by atoms with Crippen LogP contribution in [-0.2, 0) is 17.7 Å². The van der Waals surface area contributed by atoms with Gasteiger partial charge in [-0.3, -0.25) is 4.90 Å². The second-order valence-corrected chi connectivity index (χ2v) is 7.37. The van der Waals surface area contributed by atoms with Crippen LogP contribution in [0.3, 0.4) is 0 Å². The number of aromatic nitrogens is 2. The van der Waals surface area contributed by atoms with Gasteiger partial charge in [-0.2, -0.15) is 0 Å². The predicted molar refractivity (Wildman–Crippen MR) is 93.2 cm³/mol. The maximum atomic E-state index is 14.0. The summed E-state index contributed by atoms with van der Waals surface area (Å²) in [4.78, 5) is 10.1. The first-order valence-corrected chi connectivity index (χ1v) is 8.61. The summed E-state index contributed by atoms with van der Waals surface area (Å²) >= 11 is 0. The molecule has 0 saturated carbocycles. The lowest BCUT2D eigenvalue weighted by Gasteiger charge is -2.36. The highest BCUT2D eigenvalue weighted by molar-refractivity contribution is 5.57. The molecule has 4 nitrogen and oxygen atoms in total. The van der Waals surface area contributed by atoms with Gasteiger partial charge in [0.2, 0.25) is 0 Å². The van der Waals surface area contributed by atoms with Gasteiger partial charge in [-0.25, -0.2) is 13.8 Å². The van der Waals surface area contributed by atoms with Crippen LogP contribution >= 0.6 is 0 Å². The van der Waals surface area contributed by atoms with E-state index in [1.165, 1.54) is 12.1 Å². The summed E-state index contributed by atoms with van der Waals surface area (Å²) in [7, 11) is 1.74. The van der Waals surface area contributed by atoms with E-state index in [9.17, 15) is 8.78 Å². The molecule has 1 aliphatic heterocycles. The third-order valence-corrected chi connectivity index (χ3v) is 5.01. The Morgan fingerprint density at radius 1 is 1.36 bits per heavy atom. The zero-order chi connectivity index (χ0) is 18.2. The fraction of sp³-hybridized carbons (Fsp3) is 0.526. The van der Waals surface area contributed by atoms with Crippen LogP contribution in [0.4, 0.5) is 8.78 Å². The zero-order valence-corrected chi connectivity index (χ0v) is 15.2. The van der Waals surface area contributed by atoms with Gasteiger partial charge in [-0.1, -0.05) is 0 Å². The monoisotopic (exact) mass is 349 g/mol. The fourth-order valence-electron chi connectivity index (χ4n) is 3.42. The Morgan fingerprint density at radius 3 is 2.80 bits per heavy atom. The van der Waals surface area contributed by atoms with Gasteiger partial charge in [0.15, 0.2) is 0 Å². The number of nitrogens with one attached hydrogen (secondary N) is 1. The molecule has 6 heteroatoms. The number of benzene rings is 1. The van der Waals surface area contributed by atoms with Gasteiger partial charge in [0.05, 0.1) is 22.6 Å². The molecule has 1 atom stereocenters. The van der Waals surface area contributed by atoms with Crippen LogP contribution in [0.2, 0.25) is 0 Å². The Morgan fingerprint density at radius 2 is 2.12 bits per heavy atom. The molecule has 1 N–H and O–H groups in total. The minimum absolute atomic E-state index is 0.171. The van der Waals surface area contributed by atoms with Gasteiger partial charge in [0, 0.05) is 38.7 Å². The van der Waals surface area contributed by atoms with E-state index in [1.807, 2.05) is 0 Å². The van der Waals surface area contributed by atoms with E-state index in [4.69, 9.17) is 4.74 Å². The highest BCUT2D eigenvalue weighted by Gasteiger charge is 2.28. The SMILES string of the molecule is COC(C)(C)CC(C)N1CCc2nc(-c3ccc(F)cc3F)[nH]c2C1. The van der Waals surface area contributed by atoms with Crippen LogP contribution in [0, 0.1) is 11.6 Å². The van der Waals surface area contributed by atoms with E-state index < -0.39 is 11.6 Å². The molecule has 1 aromatic heterocycles. The Hall–Kier alpha value is -1.79. The summed E-state index contributed by atoms with van der Waals surface area (Å²) in [5.74, 6) is -0.717. The second kappa shape index (κ2) is 6.84. The van der Waals surface area contributed by atoms with E-state index in [0.29, 0.717) is 17.4 Å². The smallest absolute Gasteiger partial charge is 0.140 e. The number of nitrogens with zero attached hydrogens (tertiary/aromatic N) is 2. The van der Waals surface area contributed by atoms with Gasteiger partial charge < -0.3 is 9.72 Å². The quantitative estimate of drug-likeness (QED) is 0.890. The summed E-state index contributed by atoms with van der Waals surface area (Å²) in [5.41, 5.74) is 2.10. The van der Waals surface area contributed by atoms with Gasteiger partial charge in [0.25, 0.3) is 0 Å². The lowest BCUT2D eigenvalue weighted by molar-refractivity contribution is -0.00818. The van der Waals surface area contributed by atoms with Crippen LogP contribution in [0.15, 0.2) is 18.2 Å². The standard InChI is InChI=1S/C19H25F2N3O/c1-12(10-19(2,3)25-4)24-8-7-16-17(11-24)23-18(22-16)14-6-5-13(20)9-15(14)21/h5-6,9,12H,7-8,10-11H2,1-4H3,(H,22,23). The Balaban J connectivity index is 1.77. The number of aromatic amines is 1. The van der Waals surface area contributed by atoms with E-state index in [2.05, 4.69) is 35.6 Å². The van der Waals surface area contributed by atoms with Gasteiger partial charge in [-0.05, 0) is 39.3 Å². The fourth-order valence-corrected chi connectivity index (χ4v) is 3.42. The minimum atomic E-state index is -0.599. The topological polar surface area (TPSA) is 41.1 Å². The molecule has 3 rings (SSSR count). The molecule has 0 radical (unpaired) electrons. The minimum Gasteiger partial charge on any atom is -0.379 e. The molecule has 0 fully saturated rings. The summed E-state index contributed by atoms with van der Waals surface area (Å²) in [6.45, 7) is 8.02. The first kappa shape index (κ1) is 18.0. The number of methoxy groups -OCH3 is 1. The molecular formula is C19H25F2N3O. The van der Waals surface area contributed by atoms with Crippen LogP contribution in [0.25, 0.3) is 11.4 Å². The summed E-state index contributed by atoms with van der Waals surface area (Å²) in [6, 6.07) is 3.92. The van der Waals surface area contributed by atoms with Crippen molar-refractivity contribution in [1.82, 2.24) is 14.9 Å². The van der Waals surface area contributed by atoms with Crippen molar-refractivity contribution in [2.75, 3.05) is 13.7 Å². The van der Waals surface area contributed by atoms with Gasteiger partial charge in [-0.15, -0.1) is 0 Å². The number of H-pyrrole nitrogens is 1. The van der Waals surface area contributed by atoms with Crippen molar-refractivity contribution < 1.29 is 13.5 Å². The summed E-state index contributed by atoms with van der Waals surface area (Å²) in [6.07, 6.45) is 1.73. The van der Waals surface area contributed by atoms with Crippen molar-refractivity contribution in [2.45, 2.75) is 51.8 Å². The summed E-state index contributed by atoms with van der Waals surface area (Å²) in [5, 5.41) is 0. The van der Waals surface area contributed by atoms with Crippen molar-refractivity contribution in [1.29, 1.82) is 0 Å². The Labute approximate surface area is 147 Å². The maximum absolute atomic E-state index is 14.0. The van der Waals surface area contributed by atoms with Crippen LogP contribution in [-0.4, -0.2) is 40.2 Å². The Kier molecular flexibility index (Phi) is 4.93. The number of hydrogen-bond acceptors (Lipinski definition) is 3. The third kappa shape index (κ3) is 3.90. The van der Waals surface area contributed by atoms with E-state index in [1.54, 1.807) is 7.11 Å². The predicted octanol–water partition coefficient (Wildman–Crippen LogP) is 3.92. The third-order valence-electron chi connectivity index (χ3n) is 5.01. The van der Waals surface area contributed by atoms with E-state index >= 15 is 0 Å². The van der Waals surface area contributed by atoms with Crippen LogP contribution in [0.5, 0.6) is 0 Å². The molecule has 25 heavy (non-hydrogen) atoms. The zero-order valence-electron chi connectivity index (χ0n) is 15.2. The number of imidazole rings is 1. The van der Waals surface area contributed by atoms with Crippen molar-refractivity contribution >= 4 is 0 Å². The molecule has 2 heterocycles. The van der Waals surface area contributed by atoms with Crippen molar-refractivity contribution in [3.05, 3.63) is 41.2 Å². The second-order valence-electron chi connectivity index (χ2n) is 7.37. The average molecular weight is 349 g/mol. The number of fused-ring (bicyclic) bond motifs is 1. The molecule has 1 aliphatic rings. The highest BCUT2D eigenvalue weighted by atomic mass is 19.1. The molecule has 0 amide bonds. The average Bonchev–Trinajstić information content (AvgIpc) is 2.97. The molecule has 1 aromatic carbocycles. The lowest BCUT2D eigenvalue weighted by atomic mass is 9.97. The van der Waals surface area contributed by atoms with Crippen molar-refractivity contribution in [3.8, 4) is 11.4 Å². The molecule has 0 spiro atoms. The van der Waals surface area contributed by atoms with Gasteiger partial charge in [0.1, 0.15) is 17.5 Å². The van der Waals surface area contributed by atoms with Crippen molar-refractivity contribution in [2.24, 2.45) is 0 Å². The van der Waals surface area contributed by atoms with Crippen LogP contribution in [0.1, 0.15) is 38.6 Å². The normalized spacial score (nSPS) is 16.7. The van der Waals surface area contributed by atoms with Crippen LogP contribution < -0.4 is 0 Å². The first-order chi connectivity index (χ1) is 11.8.